The van der Waals surface area contributed by atoms with Gasteiger partial charge in [-0.05, 0) is 78.0 Å². The number of carbonyl (C=O) groups is 2. The van der Waals surface area contributed by atoms with Crippen LogP contribution in [0.4, 0.5) is 4.39 Å². The van der Waals surface area contributed by atoms with Gasteiger partial charge in [0.05, 0.1) is 11.6 Å². The van der Waals surface area contributed by atoms with Crippen molar-refractivity contribution in [2.75, 3.05) is 13.2 Å². The van der Waals surface area contributed by atoms with E-state index < -0.39 is 5.92 Å². The normalized spacial score (nSPS) is 19.1. The Balaban J connectivity index is 1.48. The standard InChI is InChI=1S/C40H43ClFNO4/c1-6-46-34-19-27(18-29(41)38(34)47-24-26-12-14-28(42)15-13-26)35-36-30(20-39(2,3)22-32(36)44)43(17-16-25-10-8-7-9-11-25)31-21-40(4,5)23-33(45)37(31)35/h7-15,18-19,35H,6,16-17,20-24H2,1-5H3. The van der Waals surface area contributed by atoms with Crippen LogP contribution >= 0.6 is 11.6 Å². The number of carbonyl (C=O) groups excluding carboxylic acids is 2. The molecule has 0 spiro atoms. The van der Waals surface area contributed by atoms with Crippen LogP contribution in [0, 0.1) is 16.6 Å². The average molecular weight is 656 g/mol. The minimum atomic E-state index is -0.553. The zero-order valence-corrected chi connectivity index (χ0v) is 28.7. The number of benzene rings is 3. The van der Waals surface area contributed by atoms with E-state index in [1.165, 1.54) is 17.7 Å². The average Bonchev–Trinajstić information content (AvgIpc) is 2.99. The van der Waals surface area contributed by atoms with Crippen LogP contribution in [0.1, 0.15) is 82.9 Å². The van der Waals surface area contributed by atoms with Crippen molar-refractivity contribution in [3.8, 4) is 11.5 Å². The molecule has 2 aliphatic carbocycles. The van der Waals surface area contributed by atoms with Crippen molar-refractivity contribution in [2.24, 2.45) is 10.8 Å². The highest BCUT2D eigenvalue weighted by Gasteiger charge is 2.49. The van der Waals surface area contributed by atoms with Gasteiger partial charge in [-0.15, -0.1) is 0 Å². The second-order valence-corrected chi connectivity index (χ2v) is 15.0. The lowest BCUT2D eigenvalue weighted by atomic mass is 9.63. The Morgan fingerprint density at radius 1 is 0.809 bits per heavy atom. The van der Waals surface area contributed by atoms with Gasteiger partial charge in [-0.25, -0.2) is 4.39 Å². The van der Waals surface area contributed by atoms with E-state index in [0.29, 0.717) is 53.7 Å². The van der Waals surface area contributed by atoms with Crippen molar-refractivity contribution in [2.45, 2.75) is 79.2 Å². The van der Waals surface area contributed by atoms with Crippen molar-refractivity contribution in [1.82, 2.24) is 4.90 Å². The summed E-state index contributed by atoms with van der Waals surface area (Å²) in [5.41, 5.74) is 5.73. The van der Waals surface area contributed by atoms with Gasteiger partial charge in [-0.3, -0.25) is 9.59 Å². The summed E-state index contributed by atoms with van der Waals surface area (Å²) in [7, 11) is 0. The lowest BCUT2D eigenvalue weighted by Gasteiger charge is -2.49. The molecule has 6 rings (SSSR count). The van der Waals surface area contributed by atoms with Gasteiger partial charge in [-0.2, -0.15) is 0 Å². The quantitative estimate of drug-likeness (QED) is 0.230. The molecule has 0 fully saturated rings. The second-order valence-electron chi connectivity index (χ2n) is 14.6. The fraction of sp³-hybridized carbons (Fsp3) is 0.400. The van der Waals surface area contributed by atoms with Crippen LogP contribution in [-0.4, -0.2) is 29.6 Å². The summed E-state index contributed by atoms with van der Waals surface area (Å²) in [6.45, 7) is 11.7. The van der Waals surface area contributed by atoms with Gasteiger partial charge in [0.2, 0.25) is 0 Å². The first-order valence-corrected chi connectivity index (χ1v) is 16.9. The van der Waals surface area contributed by atoms with E-state index in [4.69, 9.17) is 21.1 Å². The largest absolute Gasteiger partial charge is 0.490 e. The zero-order chi connectivity index (χ0) is 33.5. The van der Waals surface area contributed by atoms with Crippen molar-refractivity contribution in [1.29, 1.82) is 0 Å². The second kappa shape index (κ2) is 13.0. The molecule has 0 radical (unpaired) electrons. The Labute approximate surface area is 282 Å². The molecule has 5 nitrogen and oxygen atoms in total. The van der Waals surface area contributed by atoms with Gasteiger partial charge in [-0.1, -0.05) is 81.8 Å². The molecule has 1 heterocycles. The molecule has 0 saturated carbocycles. The summed E-state index contributed by atoms with van der Waals surface area (Å²) in [6, 6.07) is 20.2. The fourth-order valence-corrected chi connectivity index (χ4v) is 7.70. The Hall–Kier alpha value is -3.90. The minimum absolute atomic E-state index is 0.0702. The Morgan fingerprint density at radius 2 is 1.40 bits per heavy atom. The minimum Gasteiger partial charge on any atom is -0.490 e. The van der Waals surface area contributed by atoms with Gasteiger partial charge in [0.1, 0.15) is 12.4 Å². The molecule has 47 heavy (non-hydrogen) atoms. The Kier molecular flexibility index (Phi) is 9.10. The fourth-order valence-electron chi connectivity index (χ4n) is 7.43. The lowest BCUT2D eigenvalue weighted by molar-refractivity contribution is -0.119. The molecule has 0 bridgehead atoms. The highest BCUT2D eigenvalue weighted by molar-refractivity contribution is 6.32. The molecule has 0 N–H and O–H groups in total. The molecule has 1 aliphatic heterocycles. The molecule has 246 valence electrons. The van der Waals surface area contributed by atoms with Gasteiger partial charge in [0.25, 0.3) is 0 Å². The molecule has 3 aromatic carbocycles. The van der Waals surface area contributed by atoms with E-state index >= 15 is 0 Å². The number of halogens is 2. The number of nitrogens with zero attached hydrogens (tertiary/aromatic N) is 1. The predicted octanol–water partition coefficient (Wildman–Crippen LogP) is 9.39. The van der Waals surface area contributed by atoms with E-state index in [1.54, 1.807) is 12.1 Å². The molecule has 3 aromatic rings. The molecular formula is C40H43ClFNO4. The van der Waals surface area contributed by atoms with Gasteiger partial charge in [0, 0.05) is 47.8 Å². The van der Waals surface area contributed by atoms with Crippen molar-refractivity contribution < 1.29 is 23.5 Å². The van der Waals surface area contributed by atoms with Gasteiger partial charge in [0.15, 0.2) is 23.1 Å². The molecule has 0 saturated heterocycles. The molecule has 0 atom stereocenters. The predicted molar refractivity (Wildman–Crippen MR) is 183 cm³/mol. The van der Waals surface area contributed by atoms with Crippen LogP contribution in [-0.2, 0) is 22.6 Å². The summed E-state index contributed by atoms with van der Waals surface area (Å²) in [5, 5.41) is 0.330. The topological polar surface area (TPSA) is 55.8 Å². The SMILES string of the molecule is CCOc1cc(C2C3=C(CC(C)(C)CC3=O)N(CCc3ccccc3)C3=C2C(=O)CC(C)(C)C3)cc(Cl)c1OCc1ccc(F)cc1. The maximum absolute atomic E-state index is 14.3. The molecule has 0 amide bonds. The summed E-state index contributed by atoms with van der Waals surface area (Å²) in [5.74, 6) is 0.0863. The monoisotopic (exact) mass is 655 g/mol. The Morgan fingerprint density at radius 3 is 1.98 bits per heavy atom. The molecule has 3 aliphatic rings. The number of ether oxygens (including phenoxy) is 2. The van der Waals surface area contributed by atoms with Crippen LogP contribution < -0.4 is 9.47 Å². The van der Waals surface area contributed by atoms with Crippen LogP contribution in [0.2, 0.25) is 5.02 Å². The molecule has 0 aromatic heterocycles. The summed E-state index contributed by atoms with van der Waals surface area (Å²) in [6.07, 6.45) is 3.07. The molecule has 7 heteroatoms. The first kappa shape index (κ1) is 33.0. The van der Waals surface area contributed by atoms with Crippen LogP contribution in [0.15, 0.2) is 89.3 Å². The van der Waals surface area contributed by atoms with Crippen molar-refractivity contribution in [3.05, 3.63) is 117 Å². The number of hydrogen-bond acceptors (Lipinski definition) is 5. The van der Waals surface area contributed by atoms with Crippen LogP contribution in [0.5, 0.6) is 11.5 Å². The third-order valence-electron chi connectivity index (χ3n) is 9.45. The summed E-state index contributed by atoms with van der Waals surface area (Å²) < 4.78 is 25.7. The number of rotatable bonds is 9. The zero-order valence-electron chi connectivity index (χ0n) is 27.9. The van der Waals surface area contributed by atoms with Gasteiger partial charge < -0.3 is 14.4 Å². The number of allylic oxidation sites excluding steroid dienone is 4. The first-order valence-electron chi connectivity index (χ1n) is 16.5. The third-order valence-corrected chi connectivity index (χ3v) is 9.73. The maximum Gasteiger partial charge on any atom is 0.180 e. The van der Waals surface area contributed by atoms with E-state index in [2.05, 4.69) is 44.7 Å². The van der Waals surface area contributed by atoms with Crippen molar-refractivity contribution in [3.63, 3.8) is 0 Å². The van der Waals surface area contributed by atoms with E-state index in [-0.39, 0.29) is 34.8 Å². The van der Waals surface area contributed by atoms with E-state index in [0.717, 1.165) is 41.8 Å². The number of hydrogen-bond donors (Lipinski definition) is 0. The summed E-state index contributed by atoms with van der Waals surface area (Å²) >= 11 is 6.96. The van der Waals surface area contributed by atoms with E-state index in [1.807, 2.05) is 37.3 Å². The van der Waals surface area contributed by atoms with E-state index in [9.17, 15) is 14.0 Å². The number of Topliss-reactive ketones (excluding diaryl/α,β-unsaturated/α-hetero) is 2. The highest BCUT2D eigenvalue weighted by Crippen LogP contribution is 2.55. The molecule has 0 unspecified atom stereocenters. The molecular weight excluding hydrogens is 613 g/mol. The number of ketones is 2. The first-order chi connectivity index (χ1) is 22.4. The van der Waals surface area contributed by atoms with Crippen LogP contribution in [0.3, 0.4) is 0 Å². The van der Waals surface area contributed by atoms with Crippen LogP contribution in [0.25, 0.3) is 0 Å². The Bertz CT molecular complexity index is 1700. The lowest BCUT2D eigenvalue weighted by Crippen LogP contribution is -2.45. The summed E-state index contributed by atoms with van der Waals surface area (Å²) in [4.78, 5) is 30.9. The van der Waals surface area contributed by atoms with Gasteiger partial charge >= 0.3 is 0 Å². The smallest absolute Gasteiger partial charge is 0.180 e. The third kappa shape index (κ3) is 6.89. The van der Waals surface area contributed by atoms with Crippen molar-refractivity contribution >= 4 is 23.2 Å². The maximum atomic E-state index is 14.3. The highest BCUT2D eigenvalue weighted by atomic mass is 35.5.